The maximum absolute atomic E-state index is 5.37. The molecule has 1 aromatic heterocycles. The lowest BCUT2D eigenvalue weighted by Gasteiger charge is -2.31. The van der Waals surface area contributed by atoms with Crippen LogP contribution in [-0.2, 0) is 11.3 Å². The van der Waals surface area contributed by atoms with Crippen molar-refractivity contribution < 1.29 is 9.15 Å². The molecule has 0 aromatic carbocycles. The highest BCUT2D eigenvalue weighted by Crippen LogP contribution is 2.11. The first-order valence-corrected chi connectivity index (χ1v) is 6.37. The Morgan fingerprint density at radius 3 is 2.94 bits per heavy atom. The van der Waals surface area contributed by atoms with Crippen molar-refractivity contribution in [2.75, 3.05) is 33.4 Å². The highest BCUT2D eigenvalue weighted by Gasteiger charge is 2.17. The van der Waals surface area contributed by atoms with Gasteiger partial charge in [0.05, 0.1) is 12.8 Å². The summed E-state index contributed by atoms with van der Waals surface area (Å²) >= 11 is 0. The molecule has 0 unspecified atom stereocenters. The van der Waals surface area contributed by atoms with Gasteiger partial charge in [-0.3, -0.25) is 0 Å². The van der Waals surface area contributed by atoms with Gasteiger partial charge in [0.15, 0.2) is 0 Å². The molecular formula is C13H22N2O2. The summed E-state index contributed by atoms with van der Waals surface area (Å²) in [4.78, 5) is 2.43. The number of nitrogens with one attached hydrogen (secondary N) is 1. The van der Waals surface area contributed by atoms with Crippen molar-refractivity contribution in [2.24, 2.45) is 0 Å². The fraction of sp³-hybridized carbons (Fsp3) is 0.692. The Bertz CT molecular complexity index is 294. The van der Waals surface area contributed by atoms with Gasteiger partial charge in [-0.1, -0.05) is 0 Å². The van der Waals surface area contributed by atoms with Gasteiger partial charge in [0.2, 0.25) is 0 Å². The molecule has 4 nitrogen and oxygen atoms in total. The maximum Gasteiger partial charge on any atom is 0.117 e. The third-order valence-electron chi connectivity index (χ3n) is 3.33. The molecular weight excluding hydrogens is 216 g/mol. The van der Waals surface area contributed by atoms with Crippen molar-refractivity contribution in [1.29, 1.82) is 0 Å². The molecule has 1 aromatic rings. The minimum Gasteiger partial charge on any atom is -0.468 e. The van der Waals surface area contributed by atoms with Crippen LogP contribution in [0.1, 0.15) is 18.6 Å². The molecule has 1 N–H and O–H groups in total. The number of nitrogens with zero attached hydrogens (tertiary/aromatic N) is 1. The number of ether oxygens (including phenoxy) is 1. The molecule has 0 amide bonds. The van der Waals surface area contributed by atoms with Crippen molar-refractivity contribution in [3.8, 4) is 0 Å². The Kier molecular flexibility index (Phi) is 5.04. The van der Waals surface area contributed by atoms with E-state index in [4.69, 9.17) is 9.15 Å². The lowest BCUT2D eigenvalue weighted by Crippen LogP contribution is -2.40. The van der Waals surface area contributed by atoms with E-state index in [1.54, 1.807) is 6.26 Å². The van der Waals surface area contributed by atoms with Crippen LogP contribution in [0.4, 0.5) is 0 Å². The molecule has 1 aliphatic heterocycles. The van der Waals surface area contributed by atoms with Crippen LogP contribution >= 0.6 is 0 Å². The Morgan fingerprint density at radius 2 is 2.24 bits per heavy atom. The van der Waals surface area contributed by atoms with Crippen LogP contribution in [-0.4, -0.2) is 44.3 Å². The first-order chi connectivity index (χ1) is 8.36. The number of hydrogen-bond donors (Lipinski definition) is 1. The number of likely N-dealkylation sites (N-methyl/N-ethyl adjacent to an activating group) is 1. The van der Waals surface area contributed by atoms with E-state index < -0.39 is 0 Å². The van der Waals surface area contributed by atoms with Crippen LogP contribution in [0.25, 0.3) is 0 Å². The number of rotatable bonds is 6. The summed E-state index contributed by atoms with van der Waals surface area (Å²) in [6.45, 7) is 4.71. The van der Waals surface area contributed by atoms with Crippen molar-refractivity contribution in [2.45, 2.75) is 25.4 Å². The molecule has 2 heterocycles. The van der Waals surface area contributed by atoms with Crippen LogP contribution in [0.5, 0.6) is 0 Å². The smallest absolute Gasteiger partial charge is 0.117 e. The largest absolute Gasteiger partial charge is 0.468 e. The molecule has 0 atom stereocenters. The first kappa shape index (κ1) is 12.6. The maximum atomic E-state index is 5.37. The summed E-state index contributed by atoms with van der Waals surface area (Å²) in [6.07, 6.45) is 4.04. The van der Waals surface area contributed by atoms with Crippen LogP contribution < -0.4 is 5.32 Å². The van der Waals surface area contributed by atoms with Gasteiger partial charge in [-0.05, 0) is 32.0 Å². The van der Waals surface area contributed by atoms with Gasteiger partial charge < -0.3 is 19.4 Å². The summed E-state index contributed by atoms with van der Waals surface area (Å²) in [6, 6.07) is 4.61. The Morgan fingerprint density at radius 1 is 1.41 bits per heavy atom. The second kappa shape index (κ2) is 6.79. The molecule has 1 fully saturated rings. The standard InChI is InChI=1S/C13H22N2O2/c1-15(12-4-9-16-10-5-12)7-6-14-11-13-3-2-8-17-13/h2-3,8,12,14H,4-7,9-11H2,1H3. The molecule has 1 aliphatic rings. The van der Waals surface area contributed by atoms with E-state index in [1.807, 2.05) is 12.1 Å². The third-order valence-corrected chi connectivity index (χ3v) is 3.33. The van der Waals surface area contributed by atoms with Gasteiger partial charge in [-0.25, -0.2) is 0 Å². The van der Waals surface area contributed by atoms with Crippen LogP contribution in [0, 0.1) is 0 Å². The lowest BCUT2D eigenvalue weighted by atomic mass is 10.1. The minimum atomic E-state index is 0.689. The summed E-state index contributed by atoms with van der Waals surface area (Å²) in [5.74, 6) is 0.999. The summed E-state index contributed by atoms with van der Waals surface area (Å²) in [7, 11) is 2.20. The molecule has 0 spiro atoms. The first-order valence-electron chi connectivity index (χ1n) is 6.37. The predicted octanol–water partition coefficient (Wildman–Crippen LogP) is 1.48. The zero-order valence-corrected chi connectivity index (χ0v) is 10.5. The zero-order valence-electron chi connectivity index (χ0n) is 10.5. The summed E-state index contributed by atoms with van der Waals surface area (Å²) in [5.41, 5.74) is 0. The molecule has 2 rings (SSSR count). The SMILES string of the molecule is CN(CCNCc1ccco1)C1CCOCC1. The Hall–Kier alpha value is -0.840. The molecule has 0 bridgehead atoms. The highest BCUT2D eigenvalue weighted by molar-refractivity contribution is 4.97. The fourth-order valence-corrected chi connectivity index (χ4v) is 2.19. The summed E-state index contributed by atoms with van der Waals surface area (Å²) < 4.78 is 10.6. The topological polar surface area (TPSA) is 37.6 Å². The number of furan rings is 1. The molecule has 96 valence electrons. The molecule has 0 radical (unpaired) electrons. The fourth-order valence-electron chi connectivity index (χ4n) is 2.19. The molecule has 0 aliphatic carbocycles. The van der Waals surface area contributed by atoms with E-state index in [0.717, 1.165) is 51.4 Å². The Labute approximate surface area is 103 Å². The van der Waals surface area contributed by atoms with Crippen LogP contribution in [0.2, 0.25) is 0 Å². The second-order valence-corrected chi connectivity index (χ2v) is 4.58. The minimum absolute atomic E-state index is 0.689. The normalized spacial score (nSPS) is 17.8. The average Bonchev–Trinajstić information content (AvgIpc) is 2.88. The quantitative estimate of drug-likeness (QED) is 0.762. The molecule has 0 saturated carbocycles. The van der Waals surface area contributed by atoms with E-state index in [0.29, 0.717) is 6.04 Å². The summed E-state index contributed by atoms with van der Waals surface area (Å²) in [5, 5.41) is 3.39. The number of hydrogen-bond acceptors (Lipinski definition) is 4. The van der Waals surface area contributed by atoms with Gasteiger partial charge in [-0.15, -0.1) is 0 Å². The highest BCUT2D eigenvalue weighted by atomic mass is 16.5. The van der Waals surface area contributed by atoms with Crippen molar-refractivity contribution in [3.63, 3.8) is 0 Å². The third kappa shape index (κ3) is 4.15. The van der Waals surface area contributed by atoms with Gasteiger partial charge in [0, 0.05) is 32.3 Å². The van der Waals surface area contributed by atoms with Gasteiger partial charge in [0.1, 0.15) is 5.76 Å². The van der Waals surface area contributed by atoms with Gasteiger partial charge in [-0.2, -0.15) is 0 Å². The lowest BCUT2D eigenvalue weighted by molar-refractivity contribution is 0.0434. The monoisotopic (exact) mass is 238 g/mol. The van der Waals surface area contributed by atoms with Gasteiger partial charge in [0.25, 0.3) is 0 Å². The second-order valence-electron chi connectivity index (χ2n) is 4.58. The van der Waals surface area contributed by atoms with Crippen molar-refractivity contribution in [3.05, 3.63) is 24.2 Å². The molecule has 1 saturated heterocycles. The molecule has 17 heavy (non-hydrogen) atoms. The van der Waals surface area contributed by atoms with E-state index in [9.17, 15) is 0 Å². The predicted molar refractivity (Wildman–Crippen MR) is 66.9 cm³/mol. The van der Waals surface area contributed by atoms with Crippen molar-refractivity contribution >= 4 is 0 Å². The van der Waals surface area contributed by atoms with Crippen molar-refractivity contribution in [1.82, 2.24) is 10.2 Å². The molecule has 4 heteroatoms. The zero-order chi connectivity index (χ0) is 11.9. The van der Waals surface area contributed by atoms with E-state index >= 15 is 0 Å². The van der Waals surface area contributed by atoms with E-state index in [2.05, 4.69) is 17.3 Å². The van der Waals surface area contributed by atoms with Crippen LogP contribution in [0.15, 0.2) is 22.8 Å². The average molecular weight is 238 g/mol. The Balaban J connectivity index is 1.57. The van der Waals surface area contributed by atoms with Gasteiger partial charge >= 0.3 is 0 Å². The van der Waals surface area contributed by atoms with E-state index in [1.165, 1.54) is 0 Å². The van der Waals surface area contributed by atoms with E-state index in [-0.39, 0.29) is 0 Å². The van der Waals surface area contributed by atoms with Crippen LogP contribution in [0.3, 0.4) is 0 Å².